The van der Waals surface area contributed by atoms with Crippen LogP contribution >= 0.6 is 59.1 Å². The molecule has 1 aromatic heterocycles. The van der Waals surface area contributed by atoms with Crippen molar-refractivity contribution in [2.24, 2.45) is 0 Å². The number of hydrogen-bond donors (Lipinski definition) is 0. The van der Waals surface area contributed by atoms with E-state index in [0.717, 1.165) is 8.26 Å². The van der Waals surface area contributed by atoms with Crippen molar-refractivity contribution in [3.63, 3.8) is 0 Å². The predicted molar refractivity (Wildman–Crippen MR) is 81.7 cm³/mol. The van der Waals surface area contributed by atoms with Gasteiger partial charge in [-0.1, -0.05) is 49.6 Å². The quantitative estimate of drug-likeness (QED) is 0.513. The summed E-state index contributed by atoms with van der Waals surface area (Å²) < 4.78 is 2.31. The molecule has 1 aromatic carbocycles. The van der Waals surface area contributed by atoms with Crippen molar-refractivity contribution in [3.05, 3.63) is 54.6 Å². The fraction of sp³-hybridized carbons (Fsp3) is 0.167. The Morgan fingerprint density at radius 1 is 1.12 bits per heavy atom. The zero-order valence-electron chi connectivity index (χ0n) is 8.51. The highest BCUT2D eigenvalue weighted by Crippen LogP contribution is 2.40. The van der Waals surface area contributed by atoms with Gasteiger partial charge < -0.3 is 0 Å². The van der Waals surface area contributed by atoms with Crippen molar-refractivity contribution in [2.45, 2.75) is 11.8 Å². The van der Waals surface area contributed by atoms with Gasteiger partial charge in [0.25, 0.3) is 0 Å². The van der Waals surface area contributed by atoms with Crippen LogP contribution in [0.1, 0.15) is 20.8 Å². The largest absolute Gasteiger partial charge is 0.132 e. The lowest BCUT2D eigenvalue weighted by atomic mass is 10.1. The van der Waals surface area contributed by atoms with Crippen molar-refractivity contribution in [3.8, 4) is 0 Å². The van der Waals surface area contributed by atoms with Gasteiger partial charge >= 0.3 is 0 Å². The maximum atomic E-state index is 3.75. The summed E-state index contributed by atoms with van der Waals surface area (Å²) in [6.45, 7) is 2.11. The number of benzene rings is 1. The molecule has 0 spiro atoms. The minimum Gasteiger partial charge on any atom is -0.132 e. The summed E-state index contributed by atoms with van der Waals surface area (Å²) in [5, 5.41) is 0. The molecule has 0 N–H and O–H groups in total. The number of halogens is 3. The van der Waals surface area contributed by atoms with Crippen LogP contribution in [0, 0.1) is 6.92 Å². The molecule has 0 bridgehead atoms. The first-order chi connectivity index (χ1) is 7.58. The second-order valence-electron chi connectivity index (χ2n) is 3.53. The molecule has 2 aromatic rings. The Balaban J connectivity index is 2.40. The van der Waals surface area contributed by atoms with E-state index in [0.29, 0.717) is 0 Å². The standard InChI is InChI=1S/C12H9Br3S/c1-7-2-3-9(13)8(6-7)12(15)10-4-5-11(14)16-10/h2-6,12H,1H3. The first-order valence-corrected chi connectivity index (χ1v) is 8.05. The van der Waals surface area contributed by atoms with Crippen LogP contribution in [0.25, 0.3) is 0 Å². The van der Waals surface area contributed by atoms with E-state index in [1.54, 1.807) is 11.3 Å². The van der Waals surface area contributed by atoms with Crippen LogP contribution in [0.5, 0.6) is 0 Å². The summed E-state index contributed by atoms with van der Waals surface area (Å²) >= 11 is 12.6. The molecular formula is C12H9Br3S. The molecule has 0 aliphatic rings. The van der Waals surface area contributed by atoms with E-state index in [1.165, 1.54) is 16.0 Å². The van der Waals surface area contributed by atoms with Crippen molar-refractivity contribution in [1.29, 1.82) is 0 Å². The van der Waals surface area contributed by atoms with Crippen LogP contribution in [-0.2, 0) is 0 Å². The predicted octanol–water partition coefficient (Wildman–Crippen LogP) is 6.07. The third-order valence-electron chi connectivity index (χ3n) is 2.27. The van der Waals surface area contributed by atoms with Crippen molar-refractivity contribution in [2.75, 3.05) is 0 Å². The molecule has 0 saturated carbocycles. The Bertz CT molecular complexity index is 505. The second-order valence-corrected chi connectivity index (χ2v) is 7.79. The Labute approximate surface area is 124 Å². The van der Waals surface area contributed by atoms with Crippen LogP contribution in [0.2, 0.25) is 0 Å². The van der Waals surface area contributed by atoms with Gasteiger partial charge in [-0.15, -0.1) is 11.3 Å². The average Bonchev–Trinajstić information content (AvgIpc) is 2.67. The molecule has 84 valence electrons. The molecular weight excluding hydrogens is 416 g/mol. The van der Waals surface area contributed by atoms with Crippen molar-refractivity contribution >= 4 is 59.1 Å². The lowest BCUT2D eigenvalue weighted by Crippen LogP contribution is -1.92. The molecule has 0 saturated heterocycles. The average molecular weight is 425 g/mol. The van der Waals surface area contributed by atoms with Gasteiger partial charge in [-0.25, -0.2) is 0 Å². The first kappa shape index (κ1) is 12.8. The highest BCUT2D eigenvalue weighted by Gasteiger charge is 2.15. The highest BCUT2D eigenvalue weighted by molar-refractivity contribution is 9.11. The minimum atomic E-state index is 0.248. The molecule has 0 aliphatic heterocycles. The molecule has 0 radical (unpaired) electrons. The lowest BCUT2D eigenvalue weighted by molar-refractivity contribution is 1.19. The minimum absolute atomic E-state index is 0.248. The Kier molecular flexibility index (Phi) is 4.27. The van der Waals surface area contributed by atoms with Crippen LogP contribution in [-0.4, -0.2) is 0 Å². The van der Waals surface area contributed by atoms with Gasteiger partial charge in [0.15, 0.2) is 0 Å². The molecule has 16 heavy (non-hydrogen) atoms. The summed E-state index contributed by atoms with van der Waals surface area (Å²) in [6, 6.07) is 10.6. The third kappa shape index (κ3) is 2.78. The lowest BCUT2D eigenvalue weighted by Gasteiger charge is -2.11. The van der Waals surface area contributed by atoms with E-state index in [2.05, 4.69) is 85.0 Å². The monoisotopic (exact) mass is 422 g/mol. The van der Waals surface area contributed by atoms with E-state index in [1.807, 2.05) is 0 Å². The normalized spacial score (nSPS) is 12.8. The maximum Gasteiger partial charge on any atom is 0.0749 e. The molecule has 1 unspecified atom stereocenters. The molecule has 0 fully saturated rings. The van der Waals surface area contributed by atoms with Crippen LogP contribution < -0.4 is 0 Å². The summed E-state index contributed by atoms with van der Waals surface area (Å²) in [7, 11) is 0. The van der Waals surface area contributed by atoms with Gasteiger partial charge in [0.1, 0.15) is 0 Å². The fourth-order valence-corrected chi connectivity index (χ4v) is 4.49. The number of aryl methyl sites for hydroxylation is 1. The highest BCUT2D eigenvalue weighted by atomic mass is 79.9. The molecule has 2 rings (SSSR count). The van der Waals surface area contributed by atoms with Crippen LogP contribution in [0.4, 0.5) is 0 Å². The number of rotatable bonds is 2. The van der Waals surface area contributed by atoms with E-state index >= 15 is 0 Å². The summed E-state index contributed by atoms with van der Waals surface area (Å²) in [4.78, 5) is 1.55. The topological polar surface area (TPSA) is 0 Å². The molecule has 0 nitrogen and oxygen atoms in total. The van der Waals surface area contributed by atoms with E-state index in [4.69, 9.17) is 0 Å². The zero-order chi connectivity index (χ0) is 11.7. The van der Waals surface area contributed by atoms with E-state index in [-0.39, 0.29) is 4.83 Å². The van der Waals surface area contributed by atoms with Gasteiger partial charge in [-0.2, -0.15) is 0 Å². The summed E-state index contributed by atoms with van der Waals surface area (Å²) in [5.74, 6) is 0. The molecule has 1 atom stereocenters. The van der Waals surface area contributed by atoms with Crippen LogP contribution in [0.3, 0.4) is 0 Å². The summed E-state index contributed by atoms with van der Waals surface area (Å²) in [6.07, 6.45) is 0. The molecule has 0 amide bonds. The number of hydrogen-bond acceptors (Lipinski definition) is 1. The third-order valence-corrected chi connectivity index (χ3v) is 5.97. The van der Waals surface area contributed by atoms with Gasteiger partial charge in [0, 0.05) is 9.35 Å². The zero-order valence-corrected chi connectivity index (χ0v) is 14.1. The fourth-order valence-electron chi connectivity index (χ4n) is 1.48. The Hall–Kier alpha value is 0.360. The first-order valence-electron chi connectivity index (χ1n) is 4.73. The van der Waals surface area contributed by atoms with Gasteiger partial charge in [0.05, 0.1) is 8.61 Å². The molecule has 0 aliphatic carbocycles. The van der Waals surface area contributed by atoms with Gasteiger partial charge in [-0.05, 0) is 46.6 Å². The summed E-state index contributed by atoms with van der Waals surface area (Å²) in [5.41, 5.74) is 2.55. The van der Waals surface area contributed by atoms with Crippen molar-refractivity contribution in [1.82, 2.24) is 0 Å². The van der Waals surface area contributed by atoms with Gasteiger partial charge in [0.2, 0.25) is 0 Å². The Morgan fingerprint density at radius 2 is 1.88 bits per heavy atom. The molecule has 1 heterocycles. The van der Waals surface area contributed by atoms with E-state index < -0.39 is 0 Å². The SMILES string of the molecule is Cc1ccc(Br)c(C(Br)c2ccc(Br)s2)c1. The van der Waals surface area contributed by atoms with Crippen molar-refractivity contribution < 1.29 is 0 Å². The molecule has 4 heteroatoms. The number of thiophene rings is 1. The van der Waals surface area contributed by atoms with Gasteiger partial charge in [-0.3, -0.25) is 0 Å². The van der Waals surface area contributed by atoms with E-state index in [9.17, 15) is 0 Å². The number of alkyl halides is 1. The Morgan fingerprint density at radius 3 is 2.50 bits per heavy atom. The maximum absolute atomic E-state index is 3.75. The van der Waals surface area contributed by atoms with Crippen LogP contribution in [0.15, 0.2) is 38.6 Å². The smallest absolute Gasteiger partial charge is 0.0749 e. The second kappa shape index (κ2) is 5.34.